The molecule has 0 unspecified atom stereocenters. The third-order valence-electron chi connectivity index (χ3n) is 7.21. The number of nitrogens with zero attached hydrogens (tertiary/aromatic N) is 5. The first kappa shape index (κ1) is 24.5. The molecule has 11 nitrogen and oxygen atoms in total. The van der Waals surface area contributed by atoms with Gasteiger partial charge in [0, 0.05) is 23.7 Å². The van der Waals surface area contributed by atoms with Crippen LogP contribution < -0.4 is 15.4 Å². The number of amides is 4. The molecule has 0 saturated carbocycles. The zero-order valence-corrected chi connectivity index (χ0v) is 21.8. The molecule has 1 saturated heterocycles. The van der Waals surface area contributed by atoms with Crippen LogP contribution in [-0.4, -0.2) is 55.4 Å². The maximum absolute atomic E-state index is 13.3. The summed E-state index contributed by atoms with van der Waals surface area (Å²) < 4.78 is 7.53. The highest BCUT2D eigenvalue weighted by molar-refractivity contribution is 6.08. The van der Waals surface area contributed by atoms with Crippen molar-refractivity contribution in [2.45, 2.75) is 38.9 Å². The first-order valence-corrected chi connectivity index (χ1v) is 12.8. The van der Waals surface area contributed by atoms with Gasteiger partial charge in [0.15, 0.2) is 11.2 Å². The molecule has 1 atom stereocenters. The Morgan fingerprint density at radius 1 is 1.05 bits per heavy atom. The van der Waals surface area contributed by atoms with E-state index in [0.29, 0.717) is 41.2 Å². The van der Waals surface area contributed by atoms with Gasteiger partial charge in [0.2, 0.25) is 0 Å². The summed E-state index contributed by atoms with van der Waals surface area (Å²) in [5, 5.41) is 5.13. The van der Waals surface area contributed by atoms with Crippen molar-refractivity contribution in [3.05, 3.63) is 71.8 Å². The van der Waals surface area contributed by atoms with Crippen molar-refractivity contribution < 1.29 is 19.1 Å². The maximum atomic E-state index is 13.3. The second kappa shape index (κ2) is 9.19. The third-order valence-corrected chi connectivity index (χ3v) is 7.21. The lowest BCUT2D eigenvalue weighted by molar-refractivity contribution is -0.124. The molecule has 11 heteroatoms. The van der Waals surface area contributed by atoms with Crippen molar-refractivity contribution >= 4 is 29.0 Å². The molecule has 2 aliphatic heterocycles. The van der Waals surface area contributed by atoms with Crippen LogP contribution in [-0.2, 0) is 16.9 Å². The molecule has 1 fully saturated rings. The predicted molar refractivity (Wildman–Crippen MR) is 142 cm³/mol. The van der Waals surface area contributed by atoms with E-state index in [1.165, 1.54) is 6.33 Å². The van der Waals surface area contributed by atoms with Crippen molar-refractivity contribution in [1.29, 1.82) is 0 Å². The second-order valence-corrected chi connectivity index (χ2v) is 9.94. The van der Waals surface area contributed by atoms with Gasteiger partial charge in [-0.25, -0.2) is 19.7 Å². The van der Waals surface area contributed by atoms with E-state index in [0.717, 1.165) is 16.8 Å². The Bertz CT molecular complexity index is 1630. The van der Waals surface area contributed by atoms with Crippen LogP contribution in [0.5, 0.6) is 5.75 Å². The molecule has 4 amide bonds. The fourth-order valence-corrected chi connectivity index (χ4v) is 5.26. The number of carbonyl (C=O) groups excluding carboxylic acids is 3. The van der Waals surface area contributed by atoms with Gasteiger partial charge >= 0.3 is 6.03 Å². The zero-order valence-electron chi connectivity index (χ0n) is 21.8. The van der Waals surface area contributed by atoms with E-state index in [-0.39, 0.29) is 18.5 Å². The minimum absolute atomic E-state index is 0.0298. The number of rotatable bonds is 7. The topological polar surface area (TPSA) is 131 Å². The SMILES string of the molecule is CCOc1ccc2c(c1)C(=O)N(C[C@@]1(c3ccc(-c4ncnc5c4ncn5C(C)C)cc3)NC(=O)NC1=O)C2. The Labute approximate surface area is 224 Å². The van der Waals surface area contributed by atoms with E-state index in [1.54, 1.807) is 29.4 Å². The molecular formula is C28H27N7O4. The number of fused-ring (bicyclic) bond motifs is 2. The molecule has 4 aromatic rings. The van der Waals surface area contributed by atoms with Crippen LogP contribution in [0.15, 0.2) is 55.1 Å². The van der Waals surface area contributed by atoms with E-state index in [2.05, 4.69) is 39.4 Å². The predicted octanol–water partition coefficient (Wildman–Crippen LogP) is 3.16. The fraction of sp³-hybridized carbons (Fsp3) is 0.286. The fourth-order valence-electron chi connectivity index (χ4n) is 5.26. The average Bonchev–Trinajstić information content (AvgIpc) is 3.58. The van der Waals surface area contributed by atoms with Crippen molar-refractivity contribution in [3.63, 3.8) is 0 Å². The molecule has 4 heterocycles. The van der Waals surface area contributed by atoms with Gasteiger partial charge in [-0.15, -0.1) is 0 Å². The van der Waals surface area contributed by atoms with Crippen molar-refractivity contribution in [2.75, 3.05) is 13.2 Å². The van der Waals surface area contributed by atoms with Crippen LogP contribution >= 0.6 is 0 Å². The van der Waals surface area contributed by atoms with Gasteiger partial charge in [-0.05, 0) is 44.0 Å². The second-order valence-electron chi connectivity index (χ2n) is 9.94. The summed E-state index contributed by atoms with van der Waals surface area (Å²) in [6, 6.07) is 12.2. The lowest BCUT2D eigenvalue weighted by atomic mass is 9.88. The van der Waals surface area contributed by atoms with Crippen molar-refractivity contribution in [2.24, 2.45) is 0 Å². The lowest BCUT2D eigenvalue weighted by Gasteiger charge is -2.31. The number of hydrogen-bond donors (Lipinski definition) is 2. The summed E-state index contributed by atoms with van der Waals surface area (Å²) in [5.74, 6) is -0.125. The molecule has 0 radical (unpaired) electrons. The molecule has 0 bridgehead atoms. The highest BCUT2D eigenvalue weighted by atomic mass is 16.5. The summed E-state index contributed by atoms with van der Waals surface area (Å²) in [5.41, 5.74) is 3.33. The summed E-state index contributed by atoms with van der Waals surface area (Å²) in [6.07, 6.45) is 3.25. The van der Waals surface area contributed by atoms with Gasteiger partial charge in [0.1, 0.15) is 23.3 Å². The first-order chi connectivity index (χ1) is 18.8. The molecular weight excluding hydrogens is 498 g/mol. The Balaban J connectivity index is 1.33. The molecule has 6 rings (SSSR count). The van der Waals surface area contributed by atoms with Crippen LogP contribution in [0.2, 0.25) is 0 Å². The van der Waals surface area contributed by atoms with Crippen molar-refractivity contribution in [3.8, 4) is 17.0 Å². The van der Waals surface area contributed by atoms with Gasteiger partial charge in [-0.2, -0.15) is 0 Å². The Hall–Kier alpha value is -4.80. The van der Waals surface area contributed by atoms with Gasteiger partial charge in [-0.3, -0.25) is 14.9 Å². The van der Waals surface area contributed by atoms with Crippen molar-refractivity contribution in [1.82, 2.24) is 35.1 Å². The zero-order chi connectivity index (χ0) is 27.3. The van der Waals surface area contributed by atoms with E-state index >= 15 is 0 Å². The Morgan fingerprint density at radius 3 is 2.54 bits per heavy atom. The monoisotopic (exact) mass is 525 g/mol. The Kier molecular flexibility index (Phi) is 5.78. The lowest BCUT2D eigenvalue weighted by Crippen LogP contribution is -2.52. The highest BCUT2D eigenvalue weighted by Gasteiger charge is 2.50. The van der Waals surface area contributed by atoms with Crippen LogP contribution in [0.1, 0.15) is 48.3 Å². The van der Waals surface area contributed by atoms with Crippen LogP contribution in [0, 0.1) is 0 Å². The molecule has 2 aromatic heterocycles. The minimum atomic E-state index is -1.45. The van der Waals surface area contributed by atoms with E-state index < -0.39 is 17.5 Å². The number of urea groups is 1. The Morgan fingerprint density at radius 2 is 1.85 bits per heavy atom. The van der Waals surface area contributed by atoms with Crippen LogP contribution in [0.4, 0.5) is 4.79 Å². The minimum Gasteiger partial charge on any atom is -0.494 e. The quantitative estimate of drug-likeness (QED) is 0.354. The highest BCUT2D eigenvalue weighted by Crippen LogP contribution is 2.34. The van der Waals surface area contributed by atoms with Gasteiger partial charge in [-0.1, -0.05) is 30.3 Å². The average molecular weight is 526 g/mol. The smallest absolute Gasteiger partial charge is 0.322 e. The number of ether oxygens (including phenoxy) is 1. The van der Waals surface area contributed by atoms with E-state index in [4.69, 9.17) is 4.74 Å². The largest absolute Gasteiger partial charge is 0.494 e. The summed E-state index contributed by atoms with van der Waals surface area (Å²) in [7, 11) is 0. The number of imidazole rings is 1. The summed E-state index contributed by atoms with van der Waals surface area (Å²) >= 11 is 0. The van der Waals surface area contributed by atoms with Crippen LogP contribution in [0.25, 0.3) is 22.4 Å². The van der Waals surface area contributed by atoms with Gasteiger partial charge in [0.25, 0.3) is 11.8 Å². The summed E-state index contributed by atoms with van der Waals surface area (Å²) in [6.45, 7) is 6.77. The van der Waals surface area contributed by atoms with Crippen LogP contribution in [0.3, 0.4) is 0 Å². The standard InChI is InChI=1S/C28H27N7O4/c1-4-39-20-10-7-18-12-34(25(36)21(18)11-20)13-28(26(37)32-27(38)33-28)19-8-5-17(6-9-19)22-23-24(30-14-29-22)35(15-31-23)16(2)3/h5-11,14-16H,4,12-13H2,1-3H3,(H2,32,33,37,38)/t28-/m0/s1. The molecule has 2 aromatic carbocycles. The van der Waals surface area contributed by atoms with E-state index in [9.17, 15) is 14.4 Å². The molecule has 39 heavy (non-hydrogen) atoms. The molecule has 2 aliphatic rings. The maximum Gasteiger partial charge on any atom is 0.322 e. The number of carbonyl (C=O) groups is 3. The first-order valence-electron chi connectivity index (χ1n) is 12.8. The summed E-state index contributed by atoms with van der Waals surface area (Å²) in [4.78, 5) is 53.8. The number of hydrogen-bond acceptors (Lipinski definition) is 7. The molecule has 2 N–H and O–H groups in total. The van der Waals surface area contributed by atoms with Gasteiger partial charge < -0.3 is 19.5 Å². The number of aromatic nitrogens is 4. The molecule has 0 spiro atoms. The number of nitrogens with one attached hydrogen (secondary N) is 2. The number of imide groups is 1. The third kappa shape index (κ3) is 3.97. The molecule has 0 aliphatic carbocycles. The molecule has 198 valence electrons. The van der Waals surface area contributed by atoms with Gasteiger partial charge in [0.05, 0.1) is 19.5 Å². The number of benzene rings is 2. The normalized spacial score (nSPS) is 18.6. The van der Waals surface area contributed by atoms with E-state index in [1.807, 2.05) is 35.8 Å².